The first kappa shape index (κ1) is 18.0. The second kappa shape index (κ2) is 7.80. The lowest BCUT2D eigenvalue weighted by Gasteiger charge is -2.23. The second-order valence-electron chi connectivity index (χ2n) is 5.41. The van der Waals surface area contributed by atoms with Gasteiger partial charge >= 0.3 is 0 Å². The number of hydrogen-bond donors (Lipinski definition) is 1. The molecule has 0 saturated heterocycles. The third kappa shape index (κ3) is 5.37. The Labute approximate surface area is 131 Å². The van der Waals surface area contributed by atoms with Gasteiger partial charge in [-0.2, -0.15) is 5.26 Å². The van der Waals surface area contributed by atoms with Crippen molar-refractivity contribution in [3.63, 3.8) is 0 Å². The van der Waals surface area contributed by atoms with E-state index in [1.54, 1.807) is 24.3 Å². The Kier molecular flexibility index (Phi) is 6.38. The van der Waals surface area contributed by atoms with Crippen molar-refractivity contribution in [3.05, 3.63) is 29.8 Å². The van der Waals surface area contributed by atoms with Crippen molar-refractivity contribution in [1.82, 2.24) is 5.32 Å². The molecule has 0 aliphatic rings. The molecular formula is C15H21N3O3S. The van der Waals surface area contributed by atoms with Crippen molar-refractivity contribution < 1.29 is 13.2 Å². The number of nitrogens with one attached hydrogen (secondary N) is 1. The molecule has 1 aromatic rings. The molecule has 120 valence electrons. The zero-order chi connectivity index (χ0) is 16.8. The number of carbonyl (C=O) groups excluding carboxylic acids is 1. The van der Waals surface area contributed by atoms with Crippen LogP contribution in [0.3, 0.4) is 0 Å². The van der Waals surface area contributed by atoms with Gasteiger partial charge in [-0.25, -0.2) is 8.42 Å². The molecule has 0 aliphatic heterocycles. The third-order valence-electron chi connectivity index (χ3n) is 2.94. The van der Waals surface area contributed by atoms with Crippen LogP contribution in [0.25, 0.3) is 0 Å². The molecule has 7 heteroatoms. The molecule has 0 atom stereocenters. The standard InChI is InChI=1S/C15H21N3O3S/c1-12(2)11-17-15(19)8-9-18(22(3,20)21)14-7-5-4-6-13(14)10-16/h4-7,12H,8-9,11H2,1-3H3,(H,17,19). The van der Waals surface area contributed by atoms with Crippen molar-refractivity contribution in [1.29, 1.82) is 5.26 Å². The minimum atomic E-state index is -3.58. The van der Waals surface area contributed by atoms with Crippen molar-refractivity contribution in [2.75, 3.05) is 23.7 Å². The first-order chi connectivity index (χ1) is 10.3. The van der Waals surface area contributed by atoms with Gasteiger partial charge in [-0.15, -0.1) is 0 Å². The molecular weight excluding hydrogens is 302 g/mol. The fraction of sp³-hybridized carbons (Fsp3) is 0.467. The predicted octanol–water partition coefficient (Wildman–Crippen LogP) is 1.49. The lowest BCUT2D eigenvalue weighted by Crippen LogP contribution is -2.35. The summed E-state index contributed by atoms with van der Waals surface area (Å²) in [5.41, 5.74) is 0.555. The van der Waals surface area contributed by atoms with Crippen molar-refractivity contribution in [2.45, 2.75) is 20.3 Å². The number of amides is 1. The van der Waals surface area contributed by atoms with Crippen molar-refractivity contribution in [2.24, 2.45) is 5.92 Å². The van der Waals surface area contributed by atoms with Gasteiger partial charge in [0, 0.05) is 19.5 Å². The maximum absolute atomic E-state index is 12.0. The number of carbonyl (C=O) groups is 1. The summed E-state index contributed by atoms with van der Waals surface area (Å²) in [6.45, 7) is 4.51. The number of anilines is 1. The SMILES string of the molecule is CC(C)CNC(=O)CCN(c1ccccc1C#N)S(C)(=O)=O. The van der Waals surface area contributed by atoms with Crippen LogP contribution < -0.4 is 9.62 Å². The summed E-state index contributed by atoms with van der Waals surface area (Å²) in [6.07, 6.45) is 1.10. The van der Waals surface area contributed by atoms with Crippen LogP contribution in [0.5, 0.6) is 0 Å². The van der Waals surface area contributed by atoms with Gasteiger partial charge in [0.1, 0.15) is 6.07 Å². The van der Waals surface area contributed by atoms with E-state index < -0.39 is 10.0 Å². The predicted molar refractivity (Wildman–Crippen MR) is 85.8 cm³/mol. The molecule has 6 nitrogen and oxygen atoms in total. The van der Waals surface area contributed by atoms with Gasteiger partial charge < -0.3 is 5.32 Å². The highest BCUT2D eigenvalue weighted by Gasteiger charge is 2.21. The topological polar surface area (TPSA) is 90.3 Å². The van der Waals surface area contributed by atoms with Crippen LogP contribution in [0.4, 0.5) is 5.69 Å². The average molecular weight is 323 g/mol. The number of nitrogens with zero attached hydrogens (tertiary/aromatic N) is 2. The van der Waals surface area contributed by atoms with E-state index in [2.05, 4.69) is 5.32 Å². The Bertz CT molecular complexity index is 663. The first-order valence-electron chi connectivity index (χ1n) is 6.99. The molecule has 1 N–H and O–H groups in total. The van der Waals surface area contributed by atoms with E-state index in [1.165, 1.54) is 0 Å². The normalized spacial score (nSPS) is 11.0. The molecule has 1 aromatic carbocycles. The zero-order valence-corrected chi connectivity index (χ0v) is 13.9. The van der Waals surface area contributed by atoms with Crippen LogP contribution >= 0.6 is 0 Å². The third-order valence-corrected chi connectivity index (χ3v) is 4.12. The van der Waals surface area contributed by atoms with E-state index in [9.17, 15) is 13.2 Å². The molecule has 0 radical (unpaired) electrons. The van der Waals surface area contributed by atoms with E-state index >= 15 is 0 Å². The zero-order valence-electron chi connectivity index (χ0n) is 13.0. The molecule has 0 saturated carbocycles. The number of para-hydroxylation sites is 1. The molecule has 1 rings (SSSR count). The quantitative estimate of drug-likeness (QED) is 0.823. The largest absolute Gasteiger partial charge is 0.356 e. The summed E-state index contributed by atoms with van der Waals surface area (Å²) in [5, 5.41) is 11.8. The Morgan fingerprint density at radius 2 is 2.00 bits per heavy atom. The molecule has 0 fully saturated rings. The summed E-state index contributed by atoms with van der Waals surface area (Å²) in [6, 6.07) is 8.40. The van der Waals surface area contributed by atoms with Crippen LogP contribution in [0.2, 0.25) is 0 Å². The molecule has 1 amide bonds. The number of hydrogen-bond acceptors (Lipinski definition) is 4. The minimum absolute atomic E-state index is 0.00144. The van der Waals surface area contributed by atoms with Crippen molar-refractivity contribution in [3.8, 4) is 6.07 Å². The fourth-order valence-electron chi connectivity index (χ4n) is 1.86. The summed E-state index contributed by atoms with van der Waals surface area (Å²) in [5.74, 6) is 0.117. The highest BCUT2D eigenvalue weighted by atomic mass is 32.2. The molecule has 0 unspecified atom stereocenters. The average Bonchev–Trinajstić information content (AvgIpc) is 2.44. The first-order valence-corrected chi connectivity index (χ1v) is 8.84. The smallest absolute Gasteiger partial charge is 0.232 e. The van der Waals surface area contributed by atoms with Crippen LogP contribution in [0.1, 0.15) is 25.8 Å². The summed E-state index contributed by atoms with van der Waals surface area (Å²) in [4.78, 5) is 11.8. The number of nitriles is 1. The van der Waals surface area contributed by atoms with Gasteiger partial charge in [0.05, 0.1) is 17.5 Å². The van der Waals surface area contributed by atoms with Crippen LogP contribution in [0.15, 0.2) is 24.3 Å². The second-order valence-corrected chi connectivity index (χ2v) is 7.32. The lowest BCUT2D eigenvalue weighted by atomic mass is 10.2. The number of rotatable bonds is 7. The Morgan fingerprint density at radius 1 is 1.36 bits per heavy atom. The van der Waals surface area contributed by atoms with E-state index in [4.69, 9.17) is 5.26 Å². The maximum Gasteiger partial charge on any atom is 0.232 e. The van der Waals surface area contributed by atoms with Crippen LogP contribution in [-0.2, 0) is 14.8 Å². The van der Waals surface area contributed by atoms with Gasteiger partial charge in [-0.3, -0.25) is 9.10 Å². The van der Waals surface area contributed by atoms with E-state index in [1.807, 2.05) is 19.9 Å². The monoisotopic (exact) mass is 323 g/mol. The van der Waals surface area contributed by atoms with Gasteiger partial charge in [-0.1, -0.05) is 26.0 Å². The Morgan fingerprint density at radius 3 is 2.55 bits per heavy atom. The van der Waals surface area contributed by atoms with E-state index in [0.29, 0.717) is 18.2 Å². The highest BCUT2D eigenvalue weighted by Crippen LogP contribution is 2.22. The molecule has 22 heavy (non-hydrogen) atoms. The Balaban J connectivity index is 2.89. The minimum Gasteiger partial charge on any atom is -0.356 e. The summed E-state index contributed by atoms with van der Waals surface area (Å²) >= 11 is 0. The van der Waals surface area contributed by atoms with Crippen molar-refractivity contribution >= 4 is 21.6 Å². The summed E-state index contributed by atoms with van der Waals surface area (Å²) in [7, 11) is -3.58. The van der Waals surface area contributed by atoms with Crippen LogP contribution in [0, 0.1) is 17.2 Å². The lowest BCUT2D eigenvalue weighted by molar-refractivity contribution is -0.121. The number of benzene rings is 1. The van der Waals surface area contributed by atoms with Gasteiger partial charge in [0.2, 0.25) is 15.9 Å². The molecule has 0 spiro atoms. The fourth-order valence-corrected chi connectivity index (χ4v) is 2.80. The number of sulfonamides is 1. The molecule has 0 aliphatic carbocycles. The van der Waals surface area contributed by atoms with Crippen LogP contribution in [-0.4, -0.2) is 33.7 Å². The summed E-state index contributed by atoms with van der Waals surface area (Å²) < 4.78 is 25.0. The van der Waals surface area contributed by atoms with E-state index in [0.717, 1.165) is 10.6 Å². The highest BCUT2D eigenvalue weighted by molar-refractivity contribution is 7.92. The molecule has 0 bridgehead atoms. The van der Waals surface area contributed by atoms with Gasteiger partial charge in [-0.05, 0) is 18.1 Å². The molecule has 0 heterocycles. The van der Waals surface area contributed by atoms with Gasteiger partial charge in [0.15, 0.2) is 0 Å². The van der Waals surface area contributed by atoms with Gasteiger partial charge in [0.25, 0.3) is 0 Å². The molecule has 0 aromatic heterocycles. The maximum atomic E-state index is 12.0. The van der Waals surface area contributed by atoms with E-state index in [-0.39, 0.29) is 24.4 Å². The Hall–Kier alpha value is -2.07.